The molecule has 0 N–H and O–H groups in total. The van der Waals surface area contributed by atoms with Gasteiger partial charge in [0.15, 0.2) is 0 Å². The van der Waals surface area contributed by atoms with Gasteiger partial charge >= 0.3 is 0 Å². The quantitative estimate of drug-likeness (QED) is 0.786. The molecule has 4 nitrogen and oxygen atoms in total. The van der Waals surface area contributed by atoms with E-state index in [1.807, 2.05) is 18.2 Å². The van der Waals surface area contributed by atoms with E-state index in [1.54, 1.807) is 5.01 Å². The molecule has 1 fully saturated rings. The van der Waals surface area contributed by atoms with Crippen LogP contribution < -0.4 is 0 Å². The second kappa shape index (κ2) is 8.27. The highest BCUT2D eigenvalue weighted by Crippen LogP contribution is 2.33. The van der Waals surface area contributed by atoms with E-state index in [2.05, 4.69) is 55.1 Å². The first-order valence-corrected chi connectivity index (χ1v) is 10.4. The van der Waals surface area contributed by atoms with Gasteiger partial charge in [-0.15, -0.1) is 0 Å². The smallest absolute Gasteiger partial charge is 0.257 e. The van der Waals surface area contributed by atoms with E-state index in [-0.39, 0.29) is 11.9 Å². The molecule has 2 aliphatic rings. The lowest BCUT2D eigenvalue weighted by atomic mass is 9.97. The van der Waals surface area contributed by atoms with Gasteiger partial charge in [-0.3, -0.25) is 9.69 Å². The standard InChI is InChI=1S/C24H29N3O/c1-18-11-13-21(14-12-18)23-16-22(20-9-4-3-5-10-20)25-27(23)24(28)17-26-15-7-6-8-19(26)2/h3-5,9-14,19,23H,6-8,15-17H2,1-2H3. The molecule has 2 heterocycles. The number of carbonyl (C=O) groups is 1. The van der Waals surface area contributed by atoms with Crippen LogP contribution in [0.4, 0.5) is 0 Å². The lowest BCUT2D eigenvalue weighted by Gasteiger charge is -2.34. The van der Waals surface area contributed by atoms with Gasteiger partial charge in [-0.25, -0.2) is 5.01 Å². The van der Waals surface area contributed by atoms with Crippen LogP contribution in [0.1, 0.15) is 55.3 Å². The second-order valence-corrected chi connectivity index (χ2v) is 8.10. The highest BCUT2D eigenvalue weighted by atomic mass is 16.2. The summed E-state index contributed by atoms with van der Waals surface area (Å²) in [5.74, 6) is 0.102. The number of carbonyl (C=O) groups excluding carboxylic acids is 1. The van der Waals surface area contributed by atoms with Crippen molar-refractivity contribution in [2.45, 2.75) is 51.6 Å². The molecular weight excluding hydrogens is 346 g/mol. The Kier molecular flexibility index (Phi) is 5.58. The number of nitrogens with zero attached hydrogens (tertiary/aromatic N) is 3. The average molecular weight is 376 g/mol. The molecule has 2 unspecified atom stereocenters. The Bertz CT molecular complexity index is 844. The lowest BCUT2D eigenvalue weighted by molar-refractivity contribution is -0.135. The summed E-state index contributed by atoms with van der Waals surface area (Å²) in [6, 6.07) is 19.2. The number of aryl methyl sites for hydroxylation is 1. The SMILES string of the molecule is Cc1ccc(C2CC(c3ccccc3)=NN2C(=O)CN2CCCCC2C)cc1. The number of hydrogen-bond donors (Lipinski definition) is 0. The zero-order valence-corrected chi connectivity index (χ0v) is 16.8. The van der Waals surface area contributed by atoms with Gasteiger partial charge in [0.05, 0.1) is 18.3 Å². The van der Waals surface area contributed by atoms with Crippen LogP contribution in [0, 0.1) is 6.92 Å². The van der Waals surface area contributed by atoms with Crippen LogP contribution in [0.25, 0.3) is 0 Å². The van der Waals surface area contributed by atoms with Crippen LogP contribution in [0.3, 0.4) is 0 Å². The van der Waals surface area contributed by atoms with Gasteiger partial charge in [0, 0.05) is 12.5 Å². The van der Waals surface area contributed by atoms with Crippen molar-refractivity contribution in [3.05, 3.63) is 71.3 Å². The monoisotopic (exact) mass is 375 g/mol. The largest absolute Gasteiger partial charge is 0.292 e. The summed E-state index contributed by atoms with van der Waals surface area (Å²) in [6.45, 7) is 5.78. The second-order valence-electron chi connectivity index (χ2n) is 8.10. The average Bonchev–Trinajstić information content (AvgIpc) is 3.16. The van der Waals surface area contributed by atoms with Crippen molar-refractivity contribution in [3.8, 4) is 0 Å². The fourth-order valence-electron chi connectivity index (χ4n) is 4.23. The summed E-state index contributed by atoms with van der Waals surface area (Å²) in [6.07, 6.45) is 4.37. The number of amides is 1. The number of rotatable bonds is 4. The first kappa shape index (κ1) is 18.9. The summed E-state index contributed by atoms with van der Waals surface area (Å²) in [5, 5.41) is 6.55. The molecule has 2 aromatic rings. The summed E-state index contributed by atoms with van der Waals surface area (Å²) in [7, 11) is 0. The molecule has 0 radical (unpaired) electrons. The first-order chi connectivity index (χ1) is 13.6. The van der Waals surface area contributed by atoms with E-state index < -0.39 is 0 Å². The first-order valence-electron chi connectivity index (χ1n) is 10.4. The maximum atomic E-state index is 13.3. The molecule has 1 amide bonds. The Hall–Kier alpha value is -2.46. The molecule has 4 rings (SSSR count). The molecule has 4 heteroatoms. The van der Waals surface area contributed by atoms with Crippen molar-refractivity contribution in [3.63, 3.8) is 0 Å². The molecule has 0 aliphatic carbocycles. The summed E-state index contributed by atoms with van der Waals surface area (Å²) in [5.41, 5.74) is 4.47. The highest BCUT2D eigenvalue weighted by molar-refractivity contribution is 6.03. The lowest BCUT2D eigenvalue weighted by Crippen LogP contribution is -2.44. The van der Waals surface area contributed by atoms with Crippen LogP contribution in [0.15, 0.2) is 59.7 Å². The van der Waals surface area contributed by atoms with Crippen LogP contribution >= 0.6 is 0 Å². The maximum absolute atomic E-state index is 13.3. The van der Waals surface area contributed by atoms with Gasteiger partial charge in [-0.1, -0.05) is 66.6 Å². The molecule has 0 aromatic heterocycles. The Morgan fingerprint density at radius 2 is 1.82 bits per heavy atom. The van der Waals surface area contributed by atoms with Crippen molar-refractivity contribution in [1.29, 1.82) is 0 Å². The Morgan fingerprint density at radius 1 is 1.07 bits per heavy atom. The molecule has 2 aromatic carbocycles. The Labute approximate surface area is 167 Å². The van der Waals surface area contributed by atoms with Gasteiger partial charge in [0.25, 0.3) is 5.91 Å². The third-order valence-corrected chi connectivity index (χ3v) is 6.01. The van der Waals surface area contributed by atoms with Crippen molar-refractivity contribution < 1.29 is 4.79 Å². The van der Waals surface area contributed by atoms with Gasteiger partial charge in [0.1, 0.15) is 0 Å². The van der Waals surface area contributed by atoms with E-state index in [9.17, 15) is 4.79 Å². The number of benzene rings is 2. The molecule has 1 saturated heterocycles. The summed E-state index contributed by atoms with van der Waals surface area (Å²) >= 11 is 0. The normalized spacial score (nSPS) is 22.9. The molecule has 28 heavy (non-hydrogen) atoms. The maximum Gasteiger partial charge on any atom is 0.257 e. The topological polar surface area (TPSA) is 35.9 Å². The minimum absolute atomic E-state index is 0.0246. The van der Waals surface area contributed by atoms with Crippen molar-refractivity contribution in [2.24, 2.45) is 5.10 Å². The zero-order chi connectivity index (χ0) is 19.5. The van der Waals surface area contributed by atoms with E-state index in [0.717, 1.165) is 29.8 Å². The van der Waals surface area contributed by atoms with E-state index in [4.69, 9.17) is 5.10 Å². The molecular formula is C24H29N3O. The van der Waals surface area contributed by atoms with Crippen LogP contribution in [-0.4, -0.2) is 40.7 Å². The minimum atomic E-state index is -0.0246. The number of hydrazone groups is 1. The number of piperidine rings is 1. The van der Waals surface area contributed by atoms with Gasteiger partial charge < -0.3 is 0 Å². The van der Waals surface area contributed by atoms with Crippen LogP contribution in [0.5, 0.6) is 0 Å². The number of hydrogen-bond acceptors (Lipinski definition) is 3. The fourth-order valence-corrected chi connectivity index (χ4v) is 4.23. The van der Waals surface area contributed by atoms with Gasteiger partial charge in [0.2, 0.25) is 0 Å². The molecule has 2 aliphatic heterocycles. The molecule has 2 atom stereocenters. The predicted octanol–water partition coefficient (Wildman–Crippen LogP) is 4.55. The van der Waals surface area contributed by atoms with Crippen LogP contribution in [0.2, 0.25) is 0 Å². The minimum Gasteiger partial charge on any atom is -0.292 e. The zero-order valence-electron chi connectivity index (χ0n) is 16.8. The van der Waals surface area contributed by atoms with Crippen molar-refractivity contribution in [2.75, 3.05) is 13.1 Å². The Morgan fingerprint density at radius 3 is 2.54 bits per heavy atom. The molecule has 0 spiro atoms. The van der Waals surface area contributed by atoms with E-state index in [0.29, 0.717) is 12.6 Å². The van der Waals surface area contributed by atoms with Crippen LogP contribution in [-0.2, 0) is 4.79 Å². The third-order valence-electron chi connectivity index (χ3n) is 6.01. The third kappa shape index (κ3) is 4.02. The molecule has 0 bridgehead atoms. The molecule has 0 saturated carbocycles. The highest BCUT2D eigenvalue weighted by Gasteiger charge is 2.34. The Balaban J connectivity index is 1.60. The predicted molar refractivity (Wildman–Crippen MR) is 113 cm³/mol. The van der Waals surface area contributed by atoms with Gasteiger partial charge in [-0.05, 0) is 44.4 Å². The van der Waals surface area contributed by atoms with Crippen molar-refractivity contribution >= 4 is 11.6 Å². The van der Waals surface area contributed by atoms with Crippen molar-refractivity contribution in [1.82, 2.24) is 9.91 Å². The van der Waals surface area contributed by atoms with Gasteiger partial charge in [-0.2, -0.15) is 5.10 Å². The van der Waals surface area contributed by atoms with E-state index >= 15 is 0 Å². The fraction of sp³-hybridized carbons (Fsp3) is 0.417. The number of likely N-dealkylation sites (tertiary alicyclic amines) is 1. The van der Waals surface area contributed by atoms with E-state index in [1.165, 1.54) is 24.8 Å². The summed E-state index contributed by atoms with van der Waals surface area (Å²) in [4.78, 5) is 15.6. The summed E-state index contributed by atoms with van der Waals surface area (Å²) < 4.78 is 0. The molecule has 146 valence electrons.